The number of nitrogens with zero attached hydrogens (tertiary/aromatic N) is 6. The second-order valence-electron chi connectivity index (χ2n) is 21.1. The molecule has 2 aromatic heterocycles. The lowest BCUT2D eigenvalue weighted by atomic mass is 9.98. The molecular formula is C76H48N6O3. The molecule has 0 atom stereocenters. The maximum atomic E-state index is 14.2. The third-order valence-electron chi connectivity index (χ3n) is 16.2. The summed E-state index contributed by atoms with van der Waals surface area (Å²) in [6.07, 6.45) is 6.03. The summed E-state index contributed by atoms with van der Waals surface area (Å²) in [4.78, 5) is 18.5. The van der Waals surface area contributed by atoms with E-state index in [1.807, 2.05) is 189 Å². The molecule has 85 heavy (non-hydrogen) atoms. The summed E-state index contributed by atoms with van der Waals surface area (Å²) in [5.74, 6) is 2.87. The number of anilines is 6. The van der Waals surface area contributed by atoms with Crippen LogP contribution in [0.2, 0.25) is 0 Å². The highest BCUT2D eigenvalue weighted by atomic mass is 16.5. The lowest BCUT2D eigenvalue weighted by molar-refractivity contribution is 0.103. The van der Waals surface area contributed by atoms with Crippen molar-refractivity contribution >= 4 is 84.8 Å². The van der Waals surface area contributed by atoms with Crippen molar-refractivity contribution in [2.24, 2.45) is 0 Å². The molecule has 2 aliphatic heterocycles. The highest BCUT2D eigenvalue weighted by Crippen LogP contribution is 2.53. The van der Waals surface area contributed by atoms with Gasteiger partial charge in [0.05, 0.1) is 68.3 Å². The van der Waals surface area contributed by atoms with Gasteiger partial charge in [0.2, 0.25) is 0 Å². The van der Waals surface area contributed by atoms with Crippen LogP contribution >= 0.6 is 0 Å². The van der Waals surface area contributed by atoms with Gasteiger partial charge < -0.3 is 28.4 Å². The summed E-state index contributed by atoms with van der Waals surface area (Å²) in [5, 5.41) is 23.0. The van der Waals surface area contributed by atoms with Crippen LogP contribution in [-0.2, 0) is 0 Å². The van der Waals surface area contributed by atoms with Crippen molar-refractivity contribution < 1.29 is 14.3 Å². The van der Waals surface area contributed by atoms with Crippen LogP contribution in [0.5, 0.6) is 23.0 Å². The SMILES string of the molecule is C=Cc1c(/C=C\C)n(-c2cccc(C#N)c2)c2ccc(-c3ccc4c(c3)c3cc(-c5ccc6c(c5)Oc5ccccc5N6c5ccc(C(=O)c6ccc(N7c8ccccc8Oc8ccccc87)cc6)cc5)ccc3n4-c3cccc(C#N)c3)cc12. The van der Waals surface area contributed by atoms with Crippen molar-refractivity contribution in [1.29, 1.82) is 10.5 Å². The van der Waals surface area contributed by atoms with Gasteiger partial charge in [-0.3, -0.25) is 4.79 Å². The summed E-state index contributed by atoms with van der Waals surface area (Å²) >= 11 is 0. The van der Waals surface area contributed by atoms with Crippen molar-refractivity contribution in [3.63, 3.8) is 0 Å². The fraction of sp³-hybridized carbons (Fsp3) is 0.0132. The van der Waals surface area contributed by atoms with E-state index < -0.39 is 0 Å². The van der Waals surface area contributed by atoms with Gasteiger partial charge >= 0.3 is 0 Å². The molecule has 13 aromatic rings. The monoisotopic (exact) mass is 1090 g/mol. The van der Waals surface area contributed by atoms with Gasteiger partial charge in [-0.05, 0) is 205 Å². The Bertz CT molecular complexity index is 5010. The molecule has 0 fully saturated rings. The highest BCUT2D eigenvalue weighted by molar-refractivity contribution is 6.12. The van der Waals surface area contributed by atoms with Gasteiger partial charge in [-0.1, -0.05) is 91.5 Å². The third kappa shape index (κ3) is 8.34. The van der Waals surface area contributed by atoms with Gasteiger partial charge in [-0.15, -0.1) is 0 Å². The first-order valence-corrected chi connectivity index (χ1v) is 28.0. The van der Waals surface area contributed by atoms with Gasteiger partial charge in [-0.2, -0.15) is 10.5 Å². The van der Waals surface area contributed by atoms with E-state index in [0.717, 1.165) is 123 Å². The fourth-order valence-electron chi connectivity index (χ4n) is 12.3. The summed E-state index contributed by atoms with van der Waals surface area (Å²) < 4.78 is 17.4. The number of nitriles is 2. The average Bonchev–Trinajstić information content (AvgIpc) is 2.87. The molecule has 9 heteroatoms. The number of rotatable bonds is 10. The van der Waals surface area contributed by atoms with Crippen LogP contribution in [0, 0.1) is 22.7 Å². The Labute approximate surface area is 490 Å². The van der Waals surface area contributed by atoms with E-state index >= 15 is 0 Å². The van der Waals surface area contributed by atoms with Crippen LogP contribution in [0.25, 0.3) is 78.5 Å². The van der Waals surface area contributed by atoms with Crippen molar-refractivity contribution in [3.8, 4) is 68.8 Å². The van der Waals surface area contributed by atoms with Crippen LogP contribution in [0.3, 0.4) is 0 Å². The molecule has 0 radical (unpaired) electrons. The zero-order valence-electron chi connectivity index (χ0n) is 45.9. The predicted molar refractivity (Wildman–Crippen MR) is 342 cm³/mol. The summed E-state index contributed by atoms with van der Waals surface area (Å²) in [6, 6.07) is 85.6. The number of benzene rings is 11. The number of hydrogen-bond donors (Lipinski definition) is 0. The minimum Gasteiger partial charge on any atom is -0.453 e. The predicted octanol–water partition coefficient (Wildman–Crippen LogP) is 19.9. The Kier molecular flexibility index (Phi) is 11.9. The van der Waals surface area contributed by atoms with Crippen LogP contribution in [0.15, 0.2) is 255 Å². The Hall–Kier alpha value is -11.9. The molecule has 0 spiro atoms. The molecule has 9 nitrogen and oxygen atoms in total. The number of carbonyl (C=O) groups excluding carboxylic acids is 1. The maximum Gasteiger partial charge on any atom is 0.193 e. The Morgan fingerprint density at radius 1 is 0.424 bits per heavy atom. The van der Waals surface area contributed by atoms with Gasteiger partial charge in [0.1, 0.15) is 0 Å². The third-order valence-corrected chi connectivity index (χ3v) is 16.2. The quantitative estimate of drug-likeness (QED) is 0.126. The molecule has 0 aliphatic carbocycles. The molecule has 15 rings (SSSR count). The van der Waals surface area contributed by atoms with E-state index in [0.29, 0.717) is 33.8 Å². The topological polar surface area (TPSA) is 99.4 Å². The minimum atomic E-state index is -0.0744. The summed E-state index contributed by atoms with van der Waals surface area (Å²) in [7, 11) is 0. The second kappa shape index (κ2) is 20.3. The van der Waals surface area contributed by atoms with Gasteiger partial charge in [0.25, 0.3) is 0 Å². The van der Waals surface area contributed by atoms with E-state index in [4.69, 9.17) is 9.47 Å². The van der Waals surface area contributed by atoms with E-state index in [1.165, 1.54) is 0 Å². The lowest BCUT2D eigenvalue weighted by Gasteiger charge is -2.33. The molecule has 0 bridgehead atoms. The first-order chi connectivity index (χ1) is 41.9. The lowest BCUT2D eigenvalue weighted by Crippen LogP contribution is -2.16. The van der Waals surface area contributed by atoms with E-state index in [-0.39, 0.29) is 5.78 Å². The number of ketones is 1. The minimum absolute atomic E-state index is 0.0744. The van der Waals surface area contributed by atoms with Crippen molar-refractivity contribution in [2.75, 3.05) is 9.80 Å². The number of allylic oxidation sites excluding steroid dienone is 1. The van der Waals surface area contributed by atoms with Crippen LogP contribution < -0.4 is 19.3 Å². The summed E-state index contributed by atoms with van der Waals surface area (Å²) in [6.45, 7) is 6.27. The highest BCUT2D eigenvalue weighted by Gasteiger charge is 2.29. The first kappa shape index (κ1) is 50.1. The van der Waals surface area contributed by atoms with E-state index in [9.17, 15) is 15.3 Å². The Balaban J connectivity index is 0.780. The number of carbonyl (C=O) groups is 1. The number of para-hydroxylation sites is 6. The number of fused-ring (bicyclic) bond motifs is 8. The van der Waals surface area contributed by atoms with Crippen molar-refractivity contribution in [2.45, 2.75) is 6.92 Å². The number of hydrogen-bond acceptors (Lipinski definition) is 7. The maximum absolute atomic E-state index is 14.2. The molecule has 0 saturated heterocycles. The van der Waals surface area contributed by atoms with Gasteiger partial charge in [0, 0.05) is 55.6 Å². The molecule has 0 saturated carbocycles. The fourth-order valence-corrected chi connectivity index (χ4v) is 12.3. The first-order valence-electron chi connectivity index (χ1n) is 28.0. The van der Waals surface area contributed by atoms with Crippen molar-refractivity contribution in [1.82, 2.24) is 9.13 Å². The van der Waals surface area contributed by atoms with Crippen LogP contribution in [0.1, 0.15) is 45.2 Å². The second-order valence-corrected chi connectivity index (χ2v) is 21.1. The van der Waals surface area contributed by atoms with Crippen LogP contribution in [-0.4, -0.2) is 14.9 Å². The van der Waals surface area contributed by atoms with E-state index in [1.54, 1.807) is 0 Å². The zero-order chi connectivity index (χ0) is 57.3. The van der Waals surface area contributed by atoms with Gasteiger partial charge in [-0.25, -0.2) is 0 Å². The van der Waals surface area contributed by atoms with Crippen molar-refractivity contribution in [3.05, 3.63) is 289 Å². The Morgan fingerprint density at radius 3 is 1.33 bits per heavy atom. The number of aromatic nitrogens is 2. The molecular weight excluding hydrogens is 1040 g/mol. The average molecular weight is 1090 g/mol. The van der Waals surface area contributed by atoms with Gasteiger partial charge in [0.15, 0.2) is 28.8 Å². The molecule has 0 amide bonds. The van der Waals surface area contributed by atoms with E-state index in [2.05, 4.69) is 117 Å². The largest absolute Gasteiger partial charge is 0.453 e. The zero-order valence-corrected chi connectivity index (χ0v) is 45.9. The smallest absolute Gasteiger partial charge is 0.193 e. The molecule has 2 aliphatic rings. The Morgan fingerprint density at radius 2 is 0.847 bits per heavy atom. The number of ether oxygens (including phenoxy) is 2. The normalized spacial score (nSPS) is 12.2. The molecule has 0 N–H and O–H groups in total. The molecule has 0 unspecified atom stereocenters. The molecule has 4 heterocycles. The molecule has 11 aromatic carbocycles. The standard InChI is InChI=1S/C76H48N6O3/c1-3-13-64-60(4-2)61-42-52(28-36-65(61)81(64)58-16-11-14-48(40-58)46-77)53-29-37-66-62(43-53)63-44-54(30-38-67(63)82(66)59-17-12-15-49(41-59)47-78)55-31-39-71-75(45-55)85-74-23-10-7-20-70(74)80(71)57-34-26-51(27-35-57)76(83)50-24-32-56(33-25-50)79-68-18-5-8-21-72(68)84-73-22-9-6-19-69(73)79/h3-45H,2H2,1H3/b13-3-. The summed E-state index contributed by atoms with van der Waals surface area (Å²) in [5.41, 5.74) is 18.6. The molecule has 400 valence electrons. The van der Waals surface area contributed by atoms with Crippen LogP contribution in [0.4, 0.5) is 34.1 Å².